The first-order valence-electron chi connectivity index (χ1n) is 3.99. The van der Waals surface area contributed by atoms with E-state index in [2.05, 4.69) is 0 Å². The quantitative estimate of drug-likeness (QED) is 0.442. The van der Waals surface area contributed by atoms with Gasteiger partial charge in [0.25, 0.3) is 0 Å². The van der Waals surface area contributed by atoms with Gasteiger partial charge in [-0.2, -0.15) is 13.2 Å². The Morgan fingerprint density at radius 2 is 1.81 bits per heavy atom. The molecule has 1 aromatic carbocycles. The summed E-state index contributed by atoms with van der Waals surface area (Å²) in [6, 6.07) is 0.508. The van der Waals surface area contributed by atoms with E-state index in [9.17, 15) is 22.4 Å². The van der Waals surface area contributed by atoms with Gasteiger partial charge in [0.15, 0.2) is 6.29 Å². The van der Waals surface area contributed by atoms with Crippen LogP contribution >= 0.6 is 0 Å². The second-order valence-corrected chi connectivity index (χ2v) is 2.95. The highest BCUT2D eigenvalue weighted by Gasteiger charge is 2.37. The lowest BCUT2D eigenvalue weighted by atomic mass is 9.76. The maximum Gasteiger partial charge on any atom is 0.489 e. The molecule has 0 aliphatic carbocycles. The average Bonchev–Trinajstić information content (AvgIpc) is 2.15. The number of alkyl halides is 3. The van der Waals surface area contributed by atoms with Gasteiger partial charge >= 0.3 is 13.3 Å². The van der Waals surface area contributed by atoms with Crippen LogP contribution in [0.5, 0.6) is 0 Å². The fraction of sp³-hybridized carbons (Fsp3) is 0.125. The normalized spacial score (nSPS) is 11.4. The molecule has 3 nitrogen and oxygen atoms in total. The molecule has 1 rings (SSSR count). The first-order valence-corrected chi connectivity index (χ1v) is 3.99. The van der Waals surface area contributed by atoms with Crippen LogP contribution < -0.4 is 5.46 Å². The third-order valence-corrected chi connectivity index (χ3v) is 1.88. The lowest BCUT2D eigenvalue weighted by Gasteiger charge is -2.13. The van der Waals surface area contributed by atoms with Crippen molar-refractivity contribution < 1.29 is 32.4 Å². The maximum atomic E-state index is 13.0. The smallest absolute Gasteiger partial charge is 0.423 e. The van der Waals surface area contributed by atoms with Crippen molar-refractivity contribution in [1.29, 1.82) is 0 Å². The molecular weight excluding hydrogens is 231 g/mol. The van der Waals surface area contributed by atoms with E-state index in [1.54, 1.807) is 0 Å². The Hall–Kier alpha value is -1.41. The molecule has 8 heteroatoms. The Labute approximate surface area is 87.5 Å². The Kier molecular flexibility index (Phi) is 3.34. The van der Waals surface area contributed by atoms with Gasteiger partial charge < -0.3 is 10.0 Å². The Morgan fingerprint density at radius 1 is 1.25 bits per heavy atom. The third-order valence-electron chi connectivity index (χ3n) is 1.88. The van der Waals surface area contributed by atoms with Gasteiger partial charge in [-0.05, 0) is 17.6 Å². The van der Waals surface area contributed by atoms with E-state index < -0.39 is 35.7 Å². The molecule has 1 aromatic rings. The van der Waals surface area contributed by atoms with Crippen molar-refractivity contribution in [2.24, 2.45) is 0 Å². The van der Waals surface area contributed by atoms with Gasteiger partial charge in [0, 0.05) is 0 Å². The Morgan fingerprint density at radius 3 is 2.19 bits per heavy atom. The number of carbonyl (C=O) groups is 1. The summed E-state index contributed by atoms with van der Waals surface area (Å²) in [4.78, 5) is 10.3. The molecule has 0 aromatic heterocycles. The third kappa shape index (κ3) is 2.39. The summed E-state index contributed by atoms with van der Waals surface area (Å²) in [6.07, 6.45) is -4.98. The van der Waals surface area contributed by atoms with Crippen molar-refractivity contribution in [1.82, 2.24) is 0 Å². The molecule has 0 bridgehead atoms. The average molecular weight is 236 g/mol. The first kappa shape index (κ1) is 12.7. The topological polar surface area (TPSA) is 57.5 Å². The molecule has 0 atom stereocenters. The highest BCUT2D eigenvalue weighted by molar-refractivity contribution is 6.59. The molecule has 0 saturated carbocycles. The Balaban J connectivity index is 3.49. The van der Waals surface area contributed by atoms with Crippen molar-refractivity contribution in [3.8, 4) is 0 Å². The fourth-order valence-electron chi connectivity index (χ4n) is 1.15. The van der Waals surface area contributed by atoms with Crippen molar-refractivity contribution in [2.75, 3.05) is 0 Å². The second kappa shape index (κ2) is 4.22. The number of rotatable bonds is 2. The molecule has 0 amide bonds. The molecule has 0 unspecified atom stereocenters. The number of benzene rings is 1. The minimum Gasteiger partial charge on any atom is -0.423 e. The molecule has 0 aliphatic heterocycles. The molecule has 16 heavy (non-hydrogen) atoms. The monoisotopic (exact) mass is 236 g/mol. The maximum absolute atomic E-state index is 13.0. The molecular formula is C8H5BF4O3. The van der Waals surface area contributed by atoms with Gasteiger partial charge in [-0.3, -0.25) is 4.79 Å². The van der Waals surface area contributed by atoms with Crippen LogP contribution in [0.2, 0.25) is 0 Å². The highest BCUT2D eigenvalue weighted by atomic mass is 19.4. The van der Waals surface area contributed by atoms with Crippen LogP contribution in [-0.4, -0.2) is 23.5 Å². The largest absolute Gasteiger partial charge is 0.489 e. The molecule has 2 N–H and O–H groups in total. The molecule has 0 spiro atoms. The van der Waals surface area contributed by atoms with E-state index in [-0.39, 0.29) is 18.4 Å². The van der Waals surface area contributed by atoms with Crippen molar-refractivity contribution in [3.63, 3.8) is 0 Å². The van der Waals surface area contributed by atoms with E-state index in [1.165, 1.54) is 0 Å². The SMILES string of the molecule is O=Cc1cc(C(F)(F)F)c(B(O)O)cc1F. The first-order chi connectivity index (χ1) is 7.27. The lowest BCUT2D eigenvalue weighted by Crippen LogP contribution is -2.36. The van der Waals surface area contributed by atoms with Gasteiger partial charge in [0.05, 0.1) is 11.1 Å². The van der Waals surface area contributed by atoms with E-state index >= 15 is 0 Å². The zero-order chi connectivity index (χ0) is 12.5. The summed E-state index contributed by atoms with van der Waals surface area (Å²) in [5.41, 5.74) is -3.28. The summed E-state index contributed by atoms with van der Waals surface area (Å²) in [7, 11) is -2.47. The van der Waals surface area contributed by atoms with Gasteiger partial charge in [-0.25, -0.2) is 4.39 Å². The summed E-state index contributed by atoms with van der Waals surface area (Å²) < 4.78 is 50.1. The van der Waals surface area contributed by atoms with Crippen LogP contribution in [0.25, 0.3) is 0 Å². The summed E-state index contributed by atoms with van der Waals surface area (Å²) in [5.74, 6) is -1.24. The minimum absolute atomic E-state index is 0.0852. The second-order valence-electron chi connectivity index (χ2n) is 2.95. The van der Waals surface area contributed by atoms with Crippen LogP contribution in [0.1, 0.15) is 15.9 Å². The van der Waals surface area contributed by atoms with Crippen LogP contribution in [0, 0.1) is 5.82 Å². The molecule has 0 saturated heterocycles. The Bertz CT molecular complexity index is 416. The molecule has 0 radical (unpaired) electrons. The molecule has 86 valence electrons. The standard InChI is InChI=1S/C8H5BF4O3/c10-7-2-6(9(15)16)5(8(11,12)13)1-4(7)3-14/h1-3,15-16H. The number of hydrogen-bond acceptors (Lipinski definition) is 3. The van der Waals surface area contributed by atoms with E-state index in [4.69, 9.17) is 10.0 Å². The molecule has 0 aliphatic rings. The predicted molar refractivity (Wildman–Crippen MR) is 46.6 cm³/mol. The summed E-state index contributed by atoms with van der Waals surface area (Å²) in [5, 5.41) is 17.3. The number of halogens is 4. The zero-order valence-electron chi connectivity index (χ0n) is 7.62. The van der Waals surface area contributed by atoms with Gasteiger partial charge in [0.2, 0.25) is 0 Å². The fourth-order valence-corrected chi connectivity index (χ4v) is 1.15. The predicted octanol–water partition coefficient (Wildman–Crippen LogP) is 0.337. The summed E-state index contributed by atoms with van der Waals surface area (Å²) in [6.45, 7) is 0. The van der Waals surface area contributed by atoms with Gasteiger partial charge in [-0.15, -0.1) is 0 Å². The van der Waals surface area contributed by atoms with Gasteiger partial charge in [0.1, 0.15) is 5.82 Å². The summed E-state index contributed by atoms with van der Waals surface area (Å²) >= 11 is 0. The molecule has 0 fully saturated rings. The highest BCUT2D eigenvalue weighted by Crippen LogP contribution is 2.29. The zero-order valence-corrected chi connectivity index (χ0v) is 7.62. The van der Waals surface area contributed by atoms with Crippen molar-refractivity contribution in [3.05, 3.63) is 29.1 Å². The number of aldehydes is 1. The van der Waals surface area contributed by atoms with Gasteiger partial charge in [-0.1, -0.05) is 0 Å². The van der Waals surface area contributed by atoms with Crippen LogP contribution in [0.4, 0.5) is 17.6 Å². The minimum atomic E-state index is -4.90. The lowest BCUT2D eigenvalue weighted by molar-refractivity contribution is -0.136. The van der Waals surface area contributed by atoms with E-state index in [0.717, 1.165) is 0 Å². The van der Waals surface area contributed by atoms with Crippen LogP contribution in [0.3, 0.4) is 0 Å². The van der Waals surface area contributed by atoms with Crippen molar-refractivity contribution >= 4 is 18.9 Å². The van der Waals surface area contributed by atoms with Crippen LogP contribution in [-0.2, 0) is 6.18 Å². The number of carbonyl (C=O) groups excluding carboxylic acids is 1. The van der Waals surface area contributed by atoms with E-state index in [1.807, 2.05) is 0 Å². The molecule has 0 heterocycles. The van der Waals surface area contributed by atoms with E-state index in [0.29, 0.717) is 0 Å². The van der Waals surface area contributed by atoms with Crippen molar-refractivity contribution in [2.45, 2.75) is 6.18 Å². The van der Waals surface area contributed by atoms with Crippen LogP contribution in [0.15, 0.2) is 12.1 Å². The number of hydrogen-bond donors (Lipinski definition) is 2.